The first-order valence-electron chi connectivity index (χ1n) is 6.61. The first-order valence-corrected chi connectivity index (χ1v) is 7.36. The summed E-state index contributed by atoms with van der Waals surface area (Å²) in [5.41, 5.74) is 0. The van der Waals surface area contributed by atoms with E-state index >= 15 is 0 Å². The molecule has 2 unspecified atom stereocenters. The van der Waals surface area contributed by atoms with E-state index in [4.69, 9.17) is 32.7 Å². The van der Waals surface area contributed by atoms with Crippen molar-refractivity contribution >= 4 is 23.2 Å². The van der Waals surface area contributed by atoms with E-state index in [-0.39, 0.29) is 12.7 Å². The second kappa shape index (κ2) is 9.42. The van der Waals surface area contributed by atoms with Crippen molar-refractivity contribution in [2.45, 2.75) is 26.1 Å². The van der Waals surface area contributed by atoms with E-state index in [1.807, 2.05) is 13.8 Å². The number of aliphatic hydroxyl groups excluding tert-OH is 1. The predicted octanol–water partition coefficient (Wildman–Crippen LogP) is 2.75. The van der Waals surface area contributed by atoms with Crippen LogP contribution in [-0.4, -0.2) is 43.6 Å². The second-order valence-corrected chi connectivity index (χ2v) is 5.31. The summed E-state index contributed by atoms with van der Waals surface area (Å²) in [6.07, 6.45) is -0.491. The summed E-state index contributed by atoms with van der Waals surface area (Å²) in [6, 6.07) is 4.98. The van der Waals surface area contributed by atoms with Crippen LogP contribution in [0, 0.1) is 0 Å². The Morgan fingerprint density at radius 3 is 2.70 bits per heavy atom. The van der Waals surface area contributed by atoms with Crippen molar-refractivity contribution < 1.29 is 14.6 Å². The Morgan fingerprint density at radius 2 is 2.05 bits per heavy atom. The van der Waals surface area contributed by atoms with Crippen molar-refractivity contribution in [3.8, 4) is 5.75 Å². The third-order valence-corrected chi connectivity index (χ3v) is 3.12. The molecule has 6 heteroatoms. The molecule has 0 bridgehead atoms. The number of hydrogen-bond donors (Lipinski definition) is 2. The second-order valence-electron chi connectivity index (χ2n) is 4.46. The van der Waals surface area contributed by atoms with E-state index in [1.54, 1.807) is 18.2 Å². The molecule has 0 aromatic heterocycles. The molecule has 0 saturated carbocycles. The molecule has 0 aliphatic carbocycles. The predicted molar refractivity (Wildman–Crippen MR) is 81.9 cm³/mol. The highest BCUT2D eigenvalue weighted by molar-refractivity contribution is 6.35. The molecule has 0 amide bonds. The van der Waals surface area contributed by atoms with Crippen LogP contribution in [-0.2, 0) is 4.74 Å². The summed E-state index contributed by atoms with van der Waals surface area (Å²) in [7, 11) is 0. The zero-order valence-corrected chi connectivity index (χ0v) is 13.2. The van der Waals surface area contributed by atoms with Crippen LogP contribution in [0.5, 0.6) is 5.75 Å². The molecule has 20 heavy (non-hydrogen) atoms. The average Bonchev–Trinajstić information content (AvgIpc) is 2.38. The molecule has 0 fully saturated rings. The van der Waals surface area contributed by atoms with Crippen LogP contribution < -0.4 is 10.1 Å². The zero-order chi connectivity index (χ0) is 15.0. The van der Waals surface area contributed by atoms with Gasteiger partial charge in [-0.05, 0) is 32.0 Å². The van der Waals surface area contributed by atoms with Gasteiger partial charge in [-0.1, -0.05) is 23.2 Å². The maximum absolute atomic E-state index is 9.80. The highest BCUT2D eigenvalue weighted by Crippen LogP contribution is 2.27. The minimum absolute atomic E-state index is 0.124. The quantitative estimate of drug-likeness (QED) is 0.734. The lowest BCUT2D eigenvalue weighted by Crippen LogP contribution is -2.35. The molecule has 0 aliphatic heterocycles. The molecular formula is C14H21Cl2NO3. The van der Waals surface area contributed by atoms with Crippen LogP contribution >= 0.6 is 23.2 Å². The summed E-state index contributed by atoms with van der Waals surface area (Å²) in [5.74, 6) is 0.512. The smallest absolute Gasteiger partial charge is 0.138 e. The van der Waals surface area contributed by atoms with Gasteiger partial charge < -0.3 is 19.9 Å². The van der Waals surface area contributed by atoms with Gasteiger partial charge >= 0.3 is 0 Å². The summed E-state index contributed by atoms with van der Waals surface area (Å²) >= 11 is 11.8. The first-order chi connectivity index (χ1) is 9.52. The molecule has 0 heterocycles. The fourth-order valence-electron chi connectivity index (χ4n) is 1.63. The SMILES string of the molecule is CCOC(C)CNCC(O)COc1ccc(Cl)cc1Cl. The molecule has 1 aromatic carbocycles. The van der Waals surface area contributed by atoms with Gasteiger partial charge in [0.2, 0.25) is 0 Å². The number of rotatable bonds is 9. The van der Waals surface area contributed by atoms with Gasteiger partial charge in [-0.2, -0.15) is 0 Å². The van der Waals surface area contributed by atoms with E-state index in [0.717, 1.165) is 0 Å². The van der Waals surface area contributed by atoms with E-state index in [0.29, 0.717) is 35.5 Å². The molecule has 0 spiro atoms. The summed E-state index contributed by atoms with van der Waals surface area (Å²) < 4.78 is 10.8. The number of benzene rings is 1. The average molecular weight is 322 g/mol. The van der Waals surface area contributed by atoms with Crippen LogP contribution in [0.4, 0.5) is 0 Å². The number of halogens is 2. The van der Waals surface area contributed by atoms with E-state index in [2.05, 4.69) is 5.32 Å². The maximum atomic E-state index is 9.80. The third kappa shape index (κ3) is 6.77. The largest absolute Gasteiger partial charge is 0.489 e. The highest BCUT2D eigenvalue weighted by Gasteiger charge is 2.08. The Balaban J connectivity index is 2.24. The van der Waals surface area contributed by atoms with Crippen molar-refractivity contribution in [1.29, 1.82) is 0 Å². The van der Waals surface area contributed by atoms with Crippen molar-refractivity contribution in [3.63, 3.8) is 0 Å². The Bertz CT molecular complexity index is 404. The maximum Gasteiger partial charge on any atom is 0.138 e. The van der Waals surface area contributed by atoms with Gasteiger partial charge in [0.15, 0.2) is 0 Å². The van der Waals surface area contributed by atoms with E-state index < -0.39 is 6.10 Å². The molecule has 1 rings (SSSR count). The number of hydrogen-bond acceptors (Lipinski definition) is 4. The fraction of sp³-hybridized carbons (Fsp3) is 0.571. The lowest BCUT2D eigenvalue weighted by molar-refractivity contribution is 0.0672. The van der Waals surface area contributed by atoms with Crippen LogP contribution in [0.2, 0.25) is 10.0 Å². The molecule has 4 nitrogen and oxygen atoms in total. The lowest BCUT2D eigenvalue weighted by Gasteiger charge is -2.16. The van der Waals surface area contributed by atoms with Gasteiger partial charge in [-0.15, -0.1) is 0 Å². The van der Waals surface area contributed by atoms with Gasteiger partial charge in [0.05, 0.1) is 11.1 Å². The van der Waals surface area contributed by atoms with Gasteiger partial charge in [0.1, 0.15) is 18.5 Å². The highest BCUT2D eigenvalue weighted by atomic mass is 35.5. The topological polar surface area (TPSA) is 50.7 Å². The van der Waals surface area contributed by atoms with Crippen molar-refractivity contribution in [1.82, 2.24) is 5.32 Å². The van der Waals surface area contributed by atoms with Crippen molar-refractivity contribution in [3.05, 3.63) is 28.2 Å². The van der Waals surface area contributed by atoms with Gasteiger partial charge in [-0.25, -0.2) is 0 Å². The van der Waals surface area contributed by atoms with Crippen LogP contribution in [0.1, 0.15) is 13.8 Å². The minimum atomic E-state index is -0.615. The summed E-state index contributed by atoms with van der Waals surface area (Å²) in [6.45, 7) is 5.90. The molecule has 0 aliphatic rings. The summed E-state index contributed by atoms with van der Waals surface area (Å²) in [5, 5.41) is 13.9. The fourth-order valence-corrected chi connectivity index (χ4v) is 2.10. The zero-order valence-electron chi connectivity index (χ0n) is 11.7. The third-order valence-electron chi connectivity index (χ3n) is 2.59. The van der Waals surface area contributed by atoms with Gasteiger partial charge in [0.25, 0.3) is 0 Å². The van der Waals surface area contributed by atoms with Gasteiger partial charge in [-0.3, -0.25) is 0 Å². The van der Waals surface area contributed by atoms with E-state index in [1.165, 1.54) is 0 Å². The van der Waals surface area contributed by atoms with Crippen molar-refractivity contribution in [2.24, 2.45) is 0 Å². The number of nitrogens with one attached hydrogen (secondary N) is 1. The number of ether oxygens (including phenoxy) is 2. The molecule has 1 aromatic rings. The molecule has 114 valence electrons. The Kier molecular flexibility index (Phi) is 8.26. The first kappa shape index (κ1) is 17.5. The Morgan fingerprint density at radius 1 is 1.30 bits per heavy atom. The monoisotopic (exact) mass is 321 g/mol. The van der Waals surface area contributed by atoms with Crippen LogP contribution in [0.15, 0.2) is 18.2 Å². The van der Waals surface area contributed by atoms with Crippen LogP contribution in [0.25, 0.3) is 0 Å². The van der Waals surface area contributed by atoms with E-state index in [9.17, 15) is 5.11 Å². The minimum Gasteiger partial charge on any atom is -0.489 e. The molecular weight excluding hydrogens is 301 g/mol. The van der Waals surface area contributed by atoms with Crippen molar-refractivity contribution in [2.75, 3.05) is 26.3 Å². The van der Waals surface area contributed by atoms with Gasteiger partial charge in [0, 0.05) is 24.7 Å². The lowest BCUT2D eigenvalue weighted by atomic mass is 10.3. The Hall–Kier alpha value is -0.520. The normalized spacial score (nSPS) is 14.1. The molecule has 2 atom stereocenters. The standard InChI is InChI=1S/C14H21Cl2NO3/c1-3-19-10(2)7-17-8-12(18)9-20-14-5-4-11(15)6-13(14)16/h4-6,10,12,17-18H,3,7-9H2,1-2H3. The Labute approximate surface area is 130 Å². The number of aliphatic hydroxyl groups is 1. The molecule has 2 N–H and O–H groups in total. The molecule has 0 radical (unpaired) electrons. The summed E-state index contributed by atoms with van der Waals surface area (Å²) in [4.78, 5) is 0. The molecule has 0 saturated heterocycles. The van der Waals surface area contributed by atoms with Crippen LogP contribution in [0.3, 0.4) is 0 Å².